The number of amides is 1. The van der Waals surface area contributed by atoms with Crippen molar-refractivity contribution in [1.29, 1.82) is 0 Å². The molecule has 1 amide bonds. The van der Waals surface area contributed by atoms with Crippen LogP contribution in [0.4, 0.5) is 8.78 Å². The van der Waals surface area contributed by atoms with Crippen LogP contribution in [0, 0.1) is 0 Å². The summed E-state index contributed by atoms with van der Waals surface area (Å²) < 4.78 is 34.1. The van der Waals surface area contributed by atoms with Gasteiger partial charge in [-0.2, -0.15) is 8.78 Å². The van der Waals surface area contributed by atoms with E-state index in [0.29, 0.717) is 16.3 Å². The van der Waals surface area contributed by atoms with Gasteiger partial charge in [-0.3, -0.25) is 4.79 Å². The number of rotatable bonds is 6. The molecule has 4 nitrogen and oxygen atoms in total. The molecule has 2 aromatic rings. The molecule has 1 unspecified atom stereocenters. The third-order valence-corrected chi connectivity index (χ3v) is 3.57. The quantitative estimate of drug-likeness (QED) is 0.833. The maximum atomic E-state index is 12.4. The lowest BCUT2D eigenvalue weighted by Gasteiger charge is -2.17. The first-order chi connectivity index (χ1) is 11.4. The van der Waals surface area contributed by atoms with Gasteiger partial charge in [-0.25, -0.2) is 0 Å². The van der Waals surface area contributed by atoms with Gasteiger partial charge >= 0.3 is 6.61 Å². The molecule has 1 atom stereocenters. The number of nitrogens with one attached hydrogen (secondary N) is 1. The lowest BCUT2D eigenvalue weighted by atomic mass is 10.1. The second kappa shape index (κ2) is 7.97. The van der Waals surface area contributed by atoms with Gasteiger partial charge in [0, 0.05) is 5.02 Å². The summed E-state index contributed by atoms with van der Waals surface area (Å²) in [6, 6.07) is 10.4. The minimum Gasteiger partial charge on any atom is -0.496 e. The van der Waals surface area contributed by atoms with E-state index in [1.54, 1.807) is 31.2 Å². The number of halogens is 3. The van der Waals surface area contributed by atoms with Gasteiger partial charge in [-0.05, 0) is 42.8 Å². The van der Waals surface area contributed by atoms with E-state index in [-0.39, 0.29) is 17.2 Å². The molecule has 1 N–H and O–H groups in total. The van der Waals surface area contributed by atoms with Crippen LogP contribution in [0.3, 0.4) is 0 Å². The van der Waals surface area contributed by atoms with Gasteiger partial charge in [0.05, 0.1) is 18.7 Å². The monoisotopic (exact) mass is 355 g/mol. The Hall–Kier alpha value is -2.34. The van der Waals surface area contributed by atoms with E-state index in [1.807, 2.05) is 0 Å². The van der Waals surface area contributed by atoms with Gasteiger partial charge in [0.15, 0.2) is 0 Å². The first-order valence-corrected chi connectivity index (χ1v) is 7.47. The Morgan fingerprint density at radius 2 is 1.96 bits per heavy atom. The number of hydrogen-bond donors (Lipinski definition) is 1. The zero-order valence-corrected chi connectivity index (χ0v) is 13.8. The summed E-state index contributed by atoms with van der Waals surface area (Å²) in [4.78, 5) is 12.4. The van der Waals surface area contributed by atoms with Crippen molar-refractivity contribution in [3.63, 3.8) is 0 Å². The highest BCUT2D eigenvalue weighted by molar-refractivity contribution is 6.31. The lowest BCUT2D eigenvalue weighted by molar-refractivity contribution is -0.0499. The van der Waals surface area contributed by atoms with Crippen molar-refractivity contribution in [2.24, 2.45) is 0 Å². The molecule has 0 saturated heterocycles. The number of carbonyl (C=O) groups is 1. The summed E-state index contributed by atoms with van der Waals surface area (Å²) in [5, 5.41) is 3.18. The van der Waals surface area contributed by atoms with E-state index in [1.165, 1.54) is 25.3 Å². The number of ether oxygens (including phenoxy) is 2. The molecule has 0 aromatic heterocycles. The standard InChI is InChI=1S/C17H16ClF2NO3/c1-10(11-4-3-5-13(8-11)24-17(19)20)21-16(22)14-9-12(18)6-7-15(14)23-2/h3-10,17H,1-2H3,(H,21,22). The van der Waals surface area contributed by atoms with Crippen LogP contribution in [0.2, 0.25) is 5.02 Å². The van der Waals surface area contributed by atoms with Crippen molar-refractivity contribution in [1.82, 2.24) is 5.32 Å². The van der Waals surface area contributed by atoms with E-state index in [2.05, 4.69) is 10.1 Å². The van der Waals surface area contributed by atoms with Crippen LogP contribution in [0.1, 0.15) is 28.9 Å². The van der Waals surface area contributed by atoms with E-state index >= 15 is 0 Å². The van der Waals surface area contributed by atoms with Gasteiger partial charge in [-0.1, -0.05) is 23.7 Å². The molecule has 2 rings (SSSR count). The summed E-state index contributed by atoms with van der Waals surface area (Å²) in [6.45, 7) is -1.17. The van der Waals surface area contributed by atoms with Crippen molar-refractivity contribution < 1.29 is 23.0 Å². The molecular weight excluding hydrogens is 340 g/mol. The molecule has 128 valence electrons. The predicted molar refractivity (Wildman–Crippen MR) is 87.0 cm³/mol. The van der Waals surface area contributed by atoms with Crippen molar-refractivity contribution >= 4 is 17.5 Å². The Labute approximate surface area is 143 Å². The maximum Gasteiger partial charge on any atom is 0.387 e. The zero-order chi connectivity index (χ0) is 17.7. The average Bonchev–Trinajstić information content (AvgIpc) is 2.54. The Morgan fingerprint density at radius 3 is 2.62 bits per heavy atom. The molecule has 0 saturated carbocycles. The first kappa shape index (κ1) is 18.0. The Morgan fingerprint density at radius 1 is 1.21 bits per heavy atom. The van der Waals surface area contributed by atoms with Crippen molar-refractivity contribution in [2.45, 2.75) is 19.6 Å². The van der Waals surface area contributed by atoms with Crippen LogP contribution < -0.4 is 14.8 Å². The number of alkyl halides is 2. The lowest BCUT2D eigenvalue weighted by Crippen LogP contribution is -2.27. The van der Waals surface area contributed by atoms with E-state index < -0.39 is 12.7 Å². The highest BCUT2D eigenvalue weighted by Gasteiger charge is 2.17. The summed E-state index contributed by atoms with van der Waals surface area (Å²) in [6.07, 6.45) is 0. The van der Waals surface area contributed by atoms with Crippen LogP contribution in [0.5, 0.6) is 11.5 Å². The number of carbonyl (C=O) groups excluding carboxylic acids is 1. The van der Waals surface area contributed by atoms with E-state index in [0.717, 1.165) is 0 Å². The highest BCUT2D eigenvalue weighted by Crippen LogP contribution is 2.25. The fourth-order valence-electron chi connectivity index (χ4n) is 2.18. The first-order valence-electron chi connectivity index (χ1n) is 7.10. The molecule has 0 bridgehead atoms. The maximum absolute atomic E-state index is 12.4. The zero-order valence-electron chi connectivity index (χ0n) is 13.1. The van der Waals surface area contributed by atoms with Crippen molar-refractivity contribution in [3.8, 4) is 11.5 Å². The largest absolute Gasteiger partial charge is 0.496 e. The smallest absolute Gasteiger partial charge is 0.387 e. The highest BCUT2D eigenvalue weighted by atomic mass is 35.5. The fourth-order valence-corrected chi connectivity index (χ4v) is 2.35. The van der Waals surface area contributed by atoms with Gasteiger partial charge in [0.2, 0.25) is 0 Å². The number of benzene rings is 2. The van der Waals surface area contributed by atoms with Gasteiger partial charge in [0.1, 0.15) is 11.5 Å². The molecule has 0 fully saturated rings. The molecule has 24 heavy (non-hydrogen) atoms. The molecule has 2 aromatic carbocycles. The Kier molecular flexibility index (Phi) is 5.98. The minimum atomic E-state index is -2.90. The molecule has 0 radical (unpaired) electrons. The fraction of sp³-hybridized carbons (Fsp3) is 0.235. The topological polar surface area (TPSA) is 47.6 Å². The summed E-state index contributed by atoms with van der Waals surface area (Å²) >= 11 is 5.92. The SMILES string of the molecule is COc1ccc(Cl)cc1C(=O)NC(C)c1cccc(OC(F)F)c1. The molecule has 0 aliphatic rings. The minimum absolute atomic E-state index is 0.0314. The molecule has 0 aliphatic carbocycles. The van der Waals surface area contributed by atoms with Crippen LogP contribution in [0.15, 0.2) is 42.5 Å². The predicted octanol–water partition coefficient (Wildman–Crippen LogP) is 4.44. The summed E-state index contributed by atoms with van der Waals surface area (Å²) in [5.74, 6) is 0.0323. The number of hydrogen-bond acceptors (Lipinski definition) is 3. The van der Waals surface area contributed by atoms with Gasteiger partial charge in [0.25, 0.3) is 5.91 Å². The van der Waals surface area contributed by atoms with Crippen LogP contribution in [-0.4, -0.2) is 19.6 Å². The third kappa shape index (κ3) is 4.58. The van der Waals surface area contributed by atoms with Gasteiger partial charge in [-0.15, -0.1) is 0 Å². The number of methoxy groups -OCH3 is 1. The summed E-state index contributed by atoms with van der Waals surface area (Å²) in [5.41, 5.74) is 0.916. The van der Waals surface area contributed by atoms with Gasteiger partial charge < -0.3 is 14.8 Å². The molecule has 0 heterocycles. The molecule has 0 aliphatic heterocycles. The van der Waals surface area contributed by atoms with E-state index in [9.17, 15) is 13.6 Å². The second-order valence-corrected chi connectivity index (χ2v) is 5.43. The van der Waals surface area contributed by atoms with Crippen LogP contribution >= 0.6 is 11.6 Å². The normalized spacial score (nSPS) is 11.9. The Balaban J connectivity index is 2.16. The molecule has 7 heteroatoms. The molecule has 0 spiro atoms. The Bertz CT molecular complexity index is 725. The van der Waals surface area contributed by atoms with Crippen LogP contribution in [-0.2, 0) is 0 Å². The summed E-state index contributed by atoms with van der Waals surface area (Å²) in [7, 11) is 1.45. The average molecular weight is 356 g/mol. The molecular formula is C17H16ClF2NO3. The second-order valence-electron chi connectivity index (χ2n) is 4.99. The van der Waals surface area contributed by atoms with E-state index in [4.69, 9.17) is 16.3 Å². The van der Waals surface area contributed by atoms with Crippen molar-refractivity contribution in [2.75, 3.05) is 7.11 Å². The third-order valence-electron chi connectivity index (χ3n) is 3.34. The van der Waals surface area contributed by atoms with Crippen molar-refractivity contribution in [3.05, 3.63) is 58.6 Å². The van der Waals surface area contributed by atoms with Crippen LogP contribution in [0.25, 0.3) is 0 Å².